The van der Waals surface area contributed by atoms with E-state index in [2.05, 4.69) is 47.8 Å². The standard InChI is InChI=1S/C10H8Br3ClO/c11-9(5-10(9,12)13)6-15-8-3-1-7(14)2-4-8/h1-4H,5-6H2. The number of alkyl halides is 3. The smallest absolute Gasteiger partial charge is 0.119 e. The molecule has 1 aromatic carbocycles. The summed E-state index contributed by atoms with van der Waals surface area (Å²) in [5.74, 6) is 0.834. The van der Waals surface area contributed by atoms with Crippen molar-refractivity contribution in [3.05, 3.63) is 29.3 Å². The molecule has 1 aliphatic rings. The van der Waals surface area contributed by atoms with Crippen molar-refractivity contribution in [2.45, 2.75) is 14.0 Å². The largest absolute Gasteiger partial charge is 0.492 e. The molecule has 1 saturated carbocycles. The molecule has 1 aromatic rings. The van der Waals surface area contributed by atoms with Gasteiger partial charge in [0.15, 0.2) is 0 Å². The van der Waals surface area contributed by atoms with Crippen LogP contribution in [0.2, 0.25) is 5.02 Å². The summed E-state index contributed by atoms with van der Waals surface area (Å²) in [6.07, 6.45) is 0.994. The molecular weight excluding hydrogens is 411 g/mol. The van der Waals surface area contributed by atoms with Gasteiger partial charge in [-0.25, -0.2) is 0 Å². The monoisotopic (exact) mass is 416 g/mol. The first-order valence-corrected chi connectivity index (χ1v) is 7.14. The van der Waals surface area contributed by atoms with Crippen LogP contribution < -0.4 is 4.74 Å². The topological polar surface area (TPSA) is 9.23 Å². The van der Waals surface area contributed by atoms with Crippen LogP contribution in [-0.2, 0) is 0 Å². The molecule has 0 bridgehead atoms. The summed E-state index contributed by atoms with van der Waals surface area (Å²) in [5.41, 5.74) is 0. The maximum atomic E-state index is 5.78. The van der Waals surface area contributed by atoms with Crippen molar-refractivity contribution in [1.29, 1.82) is 0 Å². The molecule has 0 saturated heterocycles. The van der Waals surface area contributed by atoms with Crippen LogP contribution in [0, 0.1) is 0 Å². The first kappa shape index (κ1) is 12.2. The molecule has 82 valence electrons. The fourth-order valence-electron chi connectivity index (χ4n) is 1.19. The highest BCUT2D eigenvalue weighted by atomic mass is 79.9. The Morgan fingerprint density at radius 1 is 1.20 bits per heavy atom. The van der Waals surface area contributed by atoms with Gasteiger partial charge in [-0.1, -0.05) is 59.4 Å². The summed E-state index contributed by atoms with van der Waals surface area (Å²) >= 11 is 16.5. The fourth-order valence-corrected chi connectivity index (χ4v) is 3.79. The Morgan fingerprint density at radius 3 is 2.20 bits per heavy atom. The first-order chi connectivity index (χ1) is 6.93. The second-order valence-corrected chi connectivity index (χ2v) is 9.32. The van der Waals surface area contributed by atoms with Gasteiger partial charge in [0.1, 0.15) is 15.6 Å². The van der Waals surface area contributed by atoms with Crippen LogP contribution in [0.1, 0.15) is 6.42 Å². The van der Waals surface area contributed by atoms with E-state index < -0.39 is 0 Å². The highest BCUT2D eigenvalue weighted by Crippen LogP contribution is 2.64. The Bertz CT molecular complexity index is 365. The highest BCUT2D eigenvalue weighted by molar-refractivity contribution is 9.26. The molecule has 0 radical (unpaired) electrons. The van der Waals surface area contributed by atoms with Crippen LogP contribution in [0.15, 0.2) is 24.3 Å². The van der Waals surface area contributed by atoms with Gasteiger partial charge >= 0.3 is 0 Å². The average Bonchev–Trinajstić information content (AvgIpc) is 2.66. The van der Waals surface area contributed by atoms with E-state index >= 15 is 0 Å². The van der Waals surface area contributed by atoms with Crippen molar-refractivity contribution in [2.75, 3.05) is 6.61 Å². The van der Waals surface area contributed by atoms with E-state index in [9.17, 15) is 0 Å². The number of rotatable bonds is 3. The van der Waals surface area contributed by atoms with Gasteiger partial charge in [-0.2, -0.15) is 0 Å². The van der Waals surface area contributed by atoms with Crippen LogP contribution in [0.4, 0.5) is 0 Å². The number of halogens is 4. The molecule has 0 heterocycles. The minimum absolute atomic E-state index is 0.0142. The molecule has 1 unspecified atom stereocenters. The lowest BCUT2D eigenvalue weighted by Crippen LogP contribution is -2.18. The molecule has 0 N–H and O–H groups in total. The van der Waals surface area contributed by atoms with Gasteiger partial charge in [0, 0.05) is 5.02 Å². The lowest BCUT2D eigenvalue weighted by Gasteiger charge is -2.12. The second-order valence-electron chi connectivity index (χ2n) is 3.59. The summed E-state index contributed by atoms with van der Waals surface area (Å²) in [7, 11) is 0. The zero-order valence-corrected chi connectivity index (χ0v) is 13.2. The third kappa shape index (κ3) is 2.71. The van der Waals surface area contributed by atoms with Gasteiger partial charge in [0.2, 0.25) is 0 Å². The SMILES string of the molecule is Clc1ccc(OCC2(Br)CC2(Br)Br)cc1. The van der Waals surface area contributed by atoms with Crippen LogP contribution in [-0.4, -0.2) is 14.2 Å². The van der Waals surface area contributed by atoms with Gasteiger partial charge in [-0.3, -0.25) is 0 Å². The van der Waals surface area contributed by atoms with E-state index in [4.69, 9.17) is 16.3 Å². The van der Waals surface area contributed by atoms with Crippen LogP contribution in [0.25, 0.3) is 0 Å². The average molecular weight is 419 g/mol. The van der Waals surface area contributed by atoms with Gasteiger partial charge in [-0.05, 0) is 30.7 Å². The zero-order valence-electron chi connectivity index (χ0n) is 7.64. The molecule has 1 fully saturated rings. The van der Waals surface area contributed by atoms with E-state index in [1.165, 1.54) is 0 Å². The van der Waals surface area contributed by atoms with Crippen LogP contribution in [0.3, 0.4) is 0 Å². The van der Waals surface area contributed by atoms with E-state index in [1.54, 1.807) is 0 Å². The molecule has 1 aliphatic carbocycles. The Labute approximate surface area is 119 Å². The zero-order chi connectivity index (χ0) is 11.1. The van der Waals surface area contributed by atoms with Crippen molar-refractivity contribution in [1.82, 2.24) is 0 Å². The maximum Gasteiger partial charge on any atom is 0.119 e. The van der Waals surface area contributed by atoms with Crippen molar-refractivity contribution >= 4 is 59.4 Å². The molecule has 2 rings (SSSR count). The van der Waals surface area contributed by atoms with Gasteiger partial charge in [0.05, 0.1) is 4.32 Å². The van der Waals surface area contributed by atoms with Crippen molar-refractivity contribution in [2.24, 2.45) is 0 Å². The summed E-state index contributed by atoms with van der Waals surface area (Å²) in [6, 6.07) is 7.37. The molecule has 1 atom stereocenters. The Morgan fingerprint density at radius 2 is 1.73 bits per heavy atom. The maximum absolute atomic E-state index is 5.78. The summed E-state index contributed by atoms with van der Waals surface area (Å²) in [6.45, 7) is 0.616. The normalized spacial score (nSPS) is 27.5. The molecule has 0 aromatic heterocycles. The number of ether oxygens (including phenoxy) is 1. The van der Waals surface area contributed by atoms with Crippen LogP contribution >= 0.6 is 59.4 Å². The Hall–Kier alpha value is 0.750. The fraction of sp³-hybridized carbons (Fsp3) is 0.400. The minimum atomic E-state index is -0.0283. The van der Waals surface area contributed by atoms with Gasteiger partial charge in [0.25, 0.3) is 0 Å². The molecule has 0 amide bonds. The van der Waals surface area contributed by atoms with Crippen LogP contribution in [0.5, 0.6) is 5.75 Å². The van der Waals surface area contributed by atoms with E-state index in [1.807, 2.05) is 24.3 Å². The van der Waals surface area contributed by atoms with Crippen molar-refractivity contribution < 1.29 is 4.74 Å². The molecule has 15 heavy (non-hydrogen) atoms. The number of hydrogen-bond acceptors (Lipinski definition) is 1. The molecule has 1 nitrogen and oxygen atoms in total. The Balaban J connectivity index is 1.92. The highest BCUT2D eigenvalue weighted by Gasteiger charge is 2.64. The predicted molar refractivity (Wildman–Crippen MR) is 73.8 cm³/mol. The summed E-state index contributed by atoms with van der Waals surface area (Å²) in [5, 5.41) is 0.720. The van der Waals surface area contributed by atoms with Gasteiger partial charge < -0.3 is 4.74 Å². The van der Waals surface area contributed by atoms with Crippen molar-refractivity contribution in [3.8, 4) is 5.75 Å². The minimum Gasteiger partial charge on any atom is -0.492 e. The van der Waals surface area contributed by atoms with E-state index in [-0.39, 0.29) is 7.56 Å². The Kier molecular flexibility index (Phi) is 3.42. The third-order valence-corrected chi connectivity index (χ3v) is 6.89. The summed E-state index contributed by atoms with van der Waals surface area (Å²) in [4.78, 5) is 0. The summed E-state index contributed by atoms with van der Waals surface area (Å²) < 4.78 is 5.62. The molecule has 5 heteroatoms. The lowest BCUT2D eigenvalue weighted by atomic mass is 10.3. The second kappa shape index (κ2) is 4.21. The molecule has 0 spiro atoms. The lowest BCUT2D eigenvalue weighted by molar-refractivity contribution is 0.313. The van der Waals surface area contributed by atoms with E-state index in [0.29, 0.717) is 6.61 Å². The van der Waals surface area contributed by atoms with Crippen molar-refractivity contribution in [3.63, 3.8) is 0 Å². The third-order valence-electron chi connectivity index (χ3n) is 2.31. The first-order valence-electron chi connectivity index (χ1n) is 4.38. The quantitative estimate of drug-likeness (QED) is 0.643. The van der Waals surface area contributed by atoms with Gasteiger partial charge in [-0.15, -0.1) is 0 Å². The molecule has 0 aliphatic heterocycles. The predicted octanol–water partition coefficient (Wildman–Crippen LogP) is 4.74. The molecular formula is C10H8Br3ClO. The number of benzene rings is 1. The van der Waals surface area contributed by atoms with E-state index in [0.717, 1.165) is 17.2 Å². The number of hydrogen-bond donors (Lipinski definition) is 0.